The van der Waals surface area contributed by atoms with E-state index < -0.39 is 10.5 Å². The molecule has 0 N–H and O–H groups in total. The number of rotatable bonds is 4. The van der Waals surface area contributed by atoms with Crippen molar-refractivity contribution >= 4 is 33.7 Å². The molecule has 4 heteroatoms. The topological polar surface area (TPSA) is 34.1 Å². The molecule has 0 saturated carbocycles. The Labute approximate surface area is 86.5 Å². The molecule has 0 aromatic heterocycles. The van der Waals surface area contributed by atoms with Crippen LogP contribution in [0.25, 0.3) is 0 Å². The number of hydrogen-bond donors (Lipinski definition) is 0. The van der Waals surface area contributed by atoms with E-state index in [0.29, 0.717) is 0 Å². The van der Waals surface area contributed by atoms with Gasteiger partial charge in [0.2, 0.25) is 0 Å². The highest BCUT2D eigenvalue weighted by molar-refractivity contribution is 6.73. The van der Waals surface area contributed by atoms with E-state index in [9.17, 15) is 9.59 Å². The molecule has 0 atom stereocenters. The summed E-state index contributed by atoms with van der Waals surface area (Å²) in [5, 5.41) is -1.45. The summed E-state index contributed by atoms with van der Waals surface area (Å²) in [5.41, 5.74) is 0.140. The van der Waals surface area contributed by atoms with Crippen LogP contribution in [0.2, 0.25) is 0 Å². The Kier molecular flexibility index (Phi) is 5.35. The van der Waals surface area contributed by atoms with Crippen LogP contribution in [-0.4, -0.2) is 10.5 Å². The van der Waals surface area contributed by atoms with Gasteiger partial charge in [-0.15, -0.1) is 0 Å². The predicted octanol–water partition coefficient (Wildman–Crippen LogP) is 2.58. The van der Waals surface area contributed by atoms with E-state index in [1.54, 1.807) is 6.92 Å². The second-order valence-electron chi connectivity index (χ2n) is 2.07. The standard InChI is InChI=1S/C9H8Cl2O2/c1-3-5-7(9(11)13)6(4-2)8(10)12/h3-5H,1H2,2H3/b6-4+,7-5+. The SMILES string of the molecule is C=C/C=C(C(=O)Cl)\C(=C/C)C(=O)Cl. The second-order valence-corrected chi connectivity index (χ2v) is 2.75. The van der Waals surface area contributed by atoms with Crippen molar-refractivity contribution in [3.8, 4) is 0 Å². The van der Waals surface area contributed by atoms with Crippen LogP contribution in [0.5, 0.6) is 0 Å². The van der Waals surface area contributed by atoms with Gasteiger partial charge in [-0.25, -0.2) is 0 Å². The van der Waals surface area contributed by atoms with Crippen molar-refractivity contribution in [2.45, 2.75) is 6.92 Å². The van der Waals surface area contributed by atoms with Gasteiger partial charge in [0.15, 0.2) is 0 Å². The van der Waals surface area contributed by atoms with Gasteiger partial charge in [0.1, 0.15) is 0 Å². The summed E-state index contributed by atoms with van der Waals surface area (Å²) in [5.74, 6) is 0. The average Bonchev–Trinajstić information content (AvgIpc) is 2.03. The van der Waals surface area contributed by atoms with E-state index >= 15 is 0 Å². The van der Waals surface area contributed by atoms with Crippen molar-refractivity contribution in [2.24, 2.45) is 0 Å². The van der Waals surface area contributed by atoms with Gasteiger partial charge in [0.05, 0.1) is 0 Å². The molecule has 0 fully saturated rings. The summed E-state index contributed by atoms with van der Waals surface area (Å²) in [6.45, 7) is 4.98. The third-order valence-corrected chi connectivity index (χ3v) is 1.69. The van der Waals surface area contributed by atoms with Gasteiger partial charge in [-0.3, -0.25) is 9.59 Å². The van der Waals surface area contributed by atoms with Crippen LogP contribution in [0, 0.1) is 0 Å². The fourth-order valence-electron chi connectivity index (χ4n) is 0.754. The second kappa shape index (κ2) is 5.73. The molecular weight excluding hydrogens is 211 g/mol. The van der Waals surface area contributed by atoms with Gasteiger partial charge >= 0.3 is 0 Å². The van der Waals surface area contributed by atoms with Gasteiger partial charge < -0.3 is 0 Å². The molecule has 0 saturated heterocycles. The maximum absolute atomic E-state index is 10.8. The lowest BCUT2D eigenvalue weighted by molar-refractivity contribution is -0.111. The van der Waals surface area contributed by atoms with Crippen LogP contribution >= 0.6 is 23.2 Å². The Morgan fingerprint density at radius 1 is 1.15 bits per heavy atom. The zero-order valence-electron chi connectivity index (χ0n) is 7.01. The summed E-state index contributed by atoms with van der Waals surface area (Å²) in [7, 11) is 0. The van der Waals surface area contributed by atoms with Crippen molar-refractivity contribution < 1.29 is 9.59 Å². The Balaban J connectivity index is 5.17. The maximum atomic E-state index is 10.8. The number of allylic oxidation sites excluding steroid dienone is 5. The fourth-order valence-corrected chi connectivity index (χ4v) is 1.13. The third-order valence-electron chi connectivity index (χ3n) is 1.29. The van der Waals surface area contributed by atoms with Crippen molar-refractivity contribution in [3.05, 3.63) is 36.0 Å². The van der Waals surface area contributed by atoms with E-state index in [1.807, 2.05) is 0 Å². The number of carbonyl (C=O) groups excluding carboxylic acids is 2. The van der Waals surface area contributed by atoms with Crippen LogP contribution in [0.3, 0.4) is 0 Å². The van der Waals surface area contributed by atoms with Crippen LogP contribution in [0.1, 0.15) is 6.92 Å². The molecule has 0 aliphatic carbocycles. The highest BCUT2D eigenvalue weighted by Gasteiger charge is 2.15. The summed E-state index contributed by atoms with van der Waals surface area (Å²) < 4.78 is 0. The molecule has 0 bridgehead atoms. The Morgan fingerprint density at radius 2 is 1.62 bits per heavy atom. The van der Waals surface area contributed by atoms with Crippen LogP contribution in [0.4, 0.5) is 0 Å². The van der Waals surface area contributed by atoms with E-state index in [1.165, 1.54) is 18.2 Å². The lowest BCUT2D eigenvalue weighted by Crippen LogP contribution is -2.03. The molecule has 2 nitrogen and oxygen atoms in total. The number of hydrogen-bond acceptors (Lipinski definition) is 2. The summed E-state index contributed by atoms with van der Waals surface area (Å²) >= 11 is 10.5. The first-order valence-corrected chi connectivity index (χ1v) is 4.19. The lowest BCUT2D eigenvalue weighted by Gasteiger charge is -2.00. The molecule has 70 valence electrons. The molecule has 0 rings (SSSR count). The molecule has 0 amide bonds. The zero-order valence-corrected chi connectivity index (χ0v) is 8.52. The molecular formula is C9H8Cl2O2. The zero-order chi connectivity index (χ0) is 10.4. The molecule has 0 aromatic rings. The van der Waals surface area contributed by atoms with Crippen LogP contribution < -0.4 is 0 Å². The quantitative estimate of drug-likeness (QED) is 0.413. The molecule has 0 aromatic carbocycles. The minimum absolute atomic E-state index is 0.0548. The maximum Gasteiger partial charge on any atom is 0.253 e. The van der Waals surface area contributed by atoms with Crippen molar-refractivity contribution in [2.75, 3.05) is 0 Å². The first-order valence-electron chi connectivity index (χ1n) is 3.43. The molecule has 0 aliphatic rings. The Hall–Kier alpha value is -0.860. The van der Waals surface area contributed by atoms with E-state index in [4.69, 9.17) is 23.2 Å². The largest absolute Gasteiger partial charge is 0.276 e. The van der Waals surface area contributed by atoms with Gasteiger partial charge in [-0.05, 0) is 36.2 Å². The summed E-state index contributed by atoms with van der Waals surface area (Å²) in [6, 6.07) is 0. The summed E-state index contributed by atoms with van der Waals surface area (Å²) in [6.07, 6.45) is 4.12. The van der Waals surface area contributed by atoms with E-state index in [2.05, 4.69) is 6.58 Å². The molecule has 0 radical (unpaired) electrons. The first kappa shape index (κ1) is 12.1. The minimum atomic E-state index is -0.734. The van der Waals surface area contributed by atoms with Crippen LogP contribution in [0.15, 0.2) is 36.0 Å². The van der Waals surface area contributed by atoms with Gasteiger partial charge in [0, 0.05) is 11.1 Å². The van der Waals surface area contributed by atoms with Crippen LogP contribution in [-0.2, 0) is 9.59 Å². The highest BCUT2D eigenvalue weighted by Crippen LogP contribution is 2.16. The van der Waals surface area contributed by atoms with Crippen molar-refractivity contribution in [1.29, 1.82) is 0 Å². The van der Waals surface area contributed by atoms with Gasteiger partial charge in [-0.2, -0.15) is 0 Å². The highest BCUT2D eigenvalue weighted by atomic mass is 35.5. The average molecular weight is 219 g/mol. The number of carbonyl (C=O) groups is 2. The smallest absolute Gasteiger partial charge is 0.253 e. The molecule has 0 unspecified atom stereocenters. The van der Waals surface area contributed by atoms with E-state index in [0.717, 1.165) is 0 Å². The van der Waals surface area contributed by atoms with Crippen molar-refractivity contribution in [3.63, 3.8) is 0 Å². The Bertz CT molecular complexity index is 301. The molecule has 13 heavy (non-hydrogen) atoms. The third kappa shape index (κ3) is 3.57. The molecule has 0 heterocycles. The molecule has 0 aliphatic heterocycles. The van der Waals surface area contributed by atoms with Gasteiger partial charge in [0.25, 0.3) is 10.5 Å². The van der Waals surface area contributed by atoms with E-state index in [-0.39, 0.29) is 11.1 Å². The number of halogens is 2. The van der Waals surface area contributed by atoms with Gasteiger partial charge in [-0.1, -0.05) is 18.7 Å². The summed E-state index contributed by atoms with van der Waals surface area (Å²) in [4.78, 5) is 21.6. The minimum Gasteiger partial charge on any atom is -0.276 e. The monoisotopic (exact) mass is 218 g/mol. The molecule has 0 spiro atoms. The lowest BCUT2D eigenvalue weighted by atomic mass is 10.1. The predicted molar refractivity (Wildman–Crippen MR) is 53.8 cm³/mol. The first-order chi connectivity index (χ1) is 6.04. The Morgan fingerprint density at radius 3 is 1.85 bits per heavy atom. The normalized spacial score (nSPS) is 12.5. The van der Waals surface area contributed by atoms with Crippen molar-refractivity contribution in [1.82, 2.24) is 0 Å². The fraction of sp³-hybridized carbons (Fsp3) is 0.111.